The summed E-state index contributed by atoms with van der Waals surface area (Å²) in [7, 11) is 0. The number of carbonyl (C=O) groups is 1. The molecule has 0 radical (unpaired) electrons. The highest BCUT2D eigenvalue weighted by atomic mass is 16.5. The van der Waals surface area contributed by atoms with Gasteiger partial charge in [0, 0.05) is 0 Å². The van der Waals surface area contributed by atoms with E-state index in [2.05, 4.69) is 15.2 Å². The molecule has 0 saturated heterocycles. The first-order valence-corrected chi connectivity index (χ1v) is 3.58. The summed E-state index contributed by atoms with van der Waals surface area (Å²) < 4.78 is 4.68. The van der Waals surface area contributed by atoms with Crippen LogP contribution in [0.5, 0.6) is 0 Å². The Balaban J connectivity index is 4.02. The lowest BCUT2D eigenvalue weighted by Gasteiger charge is -2.06. The lowest BCUT2D eigenvalue weighted by atomic mass is 10.4. The van der Waals surface area contributed by atoms with Crippen molar-refractivity contribution in [2.45, 2.75) is 19.9 Å². The van der Waals surface area contributed by atoms with E-state index in [1.54, 1.807) is 13.8 Å². The van der Waals surface area contributed by atoms with E-state index in [4.69, 9.17) is 11.6 Å². The molecule has 0 rings (SSSR count). The summed E-state index contributed by atoms with van der Waals surface area (Å²) in [6.45, 7) is 3.62. The molecular weight excluding hydrogens is 160 g/mol. The summed E-state index contributed by atoms with van der Waals surface area (Å²) in [5, 5.41) is 0. The molecule has 1 atom stereocenters. The number of hydrogen-bond donors (Lipinski definition) is 3. The van der Waals surface area contributed by atoms with Gasteiger partial charge in [0.2, 0.25) is 5.96 Å². The number of nitrogens with two attached hydrogens (primary N) is 2. The molecule has 0 fully saturated rings. The fourth-order valence-corrected chi connectivity index (χ4v) is 0.561. The Hall–Kier alpha value is -1.30. The van der Waals surface area contributed by atoms with E-state index in [9.17, 15) is 4.79 Å². The normalized spacial score (nSPS) is 13.8. The minimum absolute atomic E-state index is 0.00977. The van der Waals surface area contributed by atoms with Crippen LogP contribution in [0.1, 0.15) is 13.8 Å². The molecule has 5 N–H and O–H groups in total. The summed E-state index contributed by atoms with van der Waals surface area (Å²) in [4.78, 5) is 14.6. The van der Waals surface area contributed by atoms with Crippen molar-refractivity contribution < 1.29 is 9.53 Å². The van der Waals surface area contributed by atoms with Gasteiger partial charge in [-0.2, -0.15) is 0 Å². The van der Waals surface area contributed by atoms with Gasteiger partial charge < -0.3 is 10.5 Å². The first kappa shape index (κ1) is 10.7. The van der Waals surface area contributed by atoms with Crippen LogP contribution in [0.3, 0.4) is 0 Å². The molecule has 1 unspecified atom stereocenters. The van der Waals surface area contributed by atoms with Crippen LogP contribution in [0.2, 0.25) is 0 Å². The topological polar surface area (TPSA) is 103 Å². The molecule has 6 heteroatoms. The number of guanidine groups is 1. The maximum absolute atomic E-state index is 10.9. The Morgan fingerprint density at radius 1 is 1.75 bits per heavy atom. The summed E-state index contributed by atoms with van der Waals surface area (Å²) >= 11 is 0. The standard InChI is InChI=1S/C6H14N4O2/c1-3-12-5(11)4(2)9-6(7)10-8/h4H,3,8H2,1-2H3,(H3,7,9,10). The average molecular weight is 174 g/mol. The van der Waals surface area contributed by atoms with Crippen molar-refractivity contribution in [2.75, 3.05) is 6.61 Å². The zero-order valence-electron chi connectivity index (χ0n) is 7.20. The van der Waals surface area contributed by atoms with Gasteiger partial charge in [0.25, 0.3) is 0 Å². The zero-order valence-corrected chi connectivity index (χ0v) is 7.20. The number of carbonyl (C=O) groups excluding carboxylic acids is 1. The van der Waals surface area contributed by atoms with E-state index in [0.717, 1.165) is 0 Å². The molecule has 0 bridgehead atoms. The summed E-state index contributed by atoms with van der Waals surface area (Å²) in [5.74, 6) is 4.53. The summed E-state index contributed by atoms with van der Waals surface area (Å²) in [5.41, 5.74) is 7.33. The van der Waals surface area contributed by atoms with Gasteiger partial charge in [0.1, 0.15) is 6.04 Å². The van der Waals surface area contributed by atoms with Crippen molar-refractivity contribution in [3.8, 4) is 0 Å². The van der Waals surface area contributed by atoms with Crippen molar-refractivity contribution in [1.82, 2.24) is 5.43 Å². The highest BCUT2D eigenvalue weighted by Gasteiger charge is 2.11. The number of hydrazine groups is 1. The van der Waals surface area contributed by atoms with E-state index < -0.39 is 12.0 Å². The molecule has 0 aliphatic rings. The van der Waals surface area contributed by atoms with Gasteiger partial charge in [-0.05, 0) is 13.8 Å². The smallest absolute Gasteiger partial charge is 0.330 e. The number of nitrogens with zero attached hydrogens (tertiary/aromatic N) is 1. The van der Waals surface area contributed by atoms with Crippen LogP contribution in [0.15, 0.2) is 4.99 Å². The largest absolute Gasteiger partial charge is 0.464 e. The van der Waals surface area contributed by atoms with E-state index in [0.29, 0.717) is 6.61 Å². The lowest BCUT2D eigenvalue weighted by molar-refractivity contribution is -0.144. The number of ether oxygens (including phenoxy) is 1. The second-order valence-corrected chi connectivity index (χ2v) is 2.09. The van der Waals surface area contributed by atoms with E-state index in [-0.39, 0.29) is 5.96 Å². The Labute approximate surface area is 70.9 Å². The average Bonchev–Trinajstić information content (AvgIpc) is 2.04. The van der Waals surface area contributed by atoms with Crippen molar-refractivity contribution in [1.29, 1.82) is 0 Å². The second-order valence-electron chi connectivity index (χ2n) is 2.09. The number of esters is 1. The third-order valence-electron chi connectivity index (χ3n) is 1.11. The summed E-state index contributed by atoms with van der Waals surface area (Å²) in [6.07, 6.45) is 0. The van der Waals surface area contributed by atoms with Gasteiger partial charge in [0.05, 0.1) is 6.61 Å². The summed E-state index contributed by atoms with van der Waals surface area (Å²) in [6, 6.07) is -0.624. The molecule has 0 aromatic carbocycles. The fourth-order valence-electron chi connectivity index (χ4n) is 0.561. The van der Waals surface area contributed by atoms with Gasteiger partial charge in [-0.15, -0.1) is 0 Å². The van der Waals surface area contributed by atoms with Crippen molar-refractivity contribution in [2.24, 2.45) is 16.6 Å². The predicted octanol–water partition coefficient (Wildman–Crippen LogP) is -1.28. The number of nitrogens with one attached hydrogen (secondary N) is 1. The molecular formula is C6H14N4O2. The van der Waals surface area contributed by atoms with Gasteiger partial charge in [-0.25, -0.2) is 15.6 Å². The van der Waals surface area contributed by atoms with E-state index in [1.165, 1.54) is 0 Å². The quantitative estimate of drug-likeness (QED) is 0.162. The van der Waals surface area contributed by atoms with Crippen LogP contribution >= 0.6 is 0 Å². The molecule has 70 valence electrons. The highest BCUT2D eigenvalue weighted by molar-refractivity contribution is 5.82. The van der Waals surface area contributed by atoms with Crippen LogP contribution in [-0.2, 0) is 9.53 Å². The Bertz CT molecular complexity index is 180. The molecule has 0 aliphatic heterocycles. The van der Waals surface area contributed by atoms with Crippen molar-refractivity contribution in [3.63, 3.8) is 0 Å². The minimum Gasteiger partial charge on any atom is -0.464 e. The van der Waals surface area contributed by atoms with Gasteiger partial charge in [-0.1, -0.05) is 0 Å². The fraction of sp³-hybridized carbons (Fsp3) is 0.667. The van der Waals surface area contributed by atoms with Crippen LogP contribution in [0, 0.1) is 0 Å². The molecule has 0 heterocycles. The maximum Gasteiger partial charge on any atom is 0.330 e. The van der Waals surface area contributed by atoms with Crippen molar-refractivity contribution >= 4 is 11.9 Å². The van der Waals surface area contributed by atoms with Crippen LogP contribution in [0.4, 0.5) is 0 Å². The third kappa shape index (κ3) is 3.77. The van der Waals surface area contributed by atoms with Crippen LogP contribution in [-0.4, -0.2) is 24.6 Å². The van der Waals surface area contributed by atoms with Crippen LogP contribution < -0.4 is 17.0 Å². The monoisotopic (exact) mass is 174 g/mol. The van der Waals surface area contributed by atoms with E-state index >= 15 is 0 Å². The Kier molecular flexibility index (Phi) is 4.78. The number of rotatable bonds is 3. The molecule has 0 amide bonds. The third-order valence-corrected chi connectivity index (χ3v) is 1.11. The second kappa shape index (κ2) is 5.36. The first-order chi connectivity index (χ1) is 5.61. The molecule has 6 nitrogen and oxygen atoms in total. The molecule has 12 heavy (non-hydrogen) atoms. The van der Waals surface area contributed by atoms with Gasteiger partial charge in [0.15, 0.2) is 0 Å². The molecule has 0 aliphatic carbocycles. The SMILES string of the molecule is CCOC(=O)C(C)N=C(N)NN. The maximum atomic E-state index is 10.9. The van der Waals surface area contributed by atoms with Gasteiger partial charge >= 0.3 is 5.97 Å². The molecule has 0 aromatic rings. The molecule has 0 spiro atoms. The van der Waals surface area contributed by atoms with Crippen molar-refractivity contribution in [3.05, 3.63) is 0 Å². The first-order valence-electron chi connectivity index (χ1n) is 3.58. The van der Waals surface area contributed by atoms with Crippen LogP contribution in [0.25, 0.3) is 0 Å². The van der Waals surface area contributed by atoms with E-state index in [1.807, 2.05) is 0 Å². The Morgan fingerprint density at radius 3 is 2.75 bits per heavy atom. The molecule has 0 saturated carbocycles. The number of hydrogen-bond acceptors (Lipinski definition) is 4. The zero-order chi connectivity index (χ0) is 9.56. The minimum atomic E-state index is -0.624. The molecule has 0 aromatic heterocycles. The lowest BCUT2D eigenvalue weighted by Crippen LogP contribution is -2.38. The number of aliphatic imine (C=N–C) groups is 1. The highest BCUT2D eigenvalue weighted by Crippen LogP contribution is 1.92. The van der Waals surface area contributed by atoms with Gasteiger partial charge in [-0.3, -0.25) is 5.43 Å². The predicted molar refractivity (Wildman–Crippen MR) is 45.0 cm³/mol. The Morgan fingerprint density at radius 2 is 2.33 bits per heavy atom.